The molecule has 0 spiro atoms. The summed E-state index contributed by atoms with van der Waals surface area (Å²) in [7, 11) is 0. The van der Waals surface area contributed by atoms with E-state index in [9.17, 15) is 9.59 Å². The number of unbranched alkanes of at least 4 members (excludes halogenated alkanes) is 10. The topological polar surface area (TPSA) is 52.6 Å². The van der Waals surface area contributed by atoms with Crippen molar-refractivity contribution < 1.29 is 19.1 Å². The molecular weight excluding hydrogens is 424 g/mol. The molecular formula is C30H42O4. The van der Waals surface area contributed by atoms with Gasteiger partial charge >= 0.3 is 11.9 Å². The van der Waals surface area contributed by atoms with Crippen molar-refractivity contribution in [2.75, 3.05) is 13.2 Å². The van der Waals surface area contributed by atoms with Gasteiger partial charge in [-0.15, -0.1) is 0 Å². The van der Waals surface area contributed by atoms with Crippen LogP contribution in [0.25, 0.3) is 11.1 Å². The number of ether oxygens (including phenoxy) is 2. The van der Waals surface area contributed by atoms with Crippen LogP contribution in [0.5, 0.6) is 0 Å². The SMILES string of the molecule is CCCCCCCCOC(=O)c1ccc(C(=O)OCCCCCCCC)c(-c2ccccc2)c1. The van der Waals surface area contributed by atoms with Crippen LogP contribution in [0.1, 0.15) is 112 Å². The van der Waals surface area contributed by atoms with Gasteiger partial charge in [-0.05, 0) is 42.2 Å². The second-order valence-corrected chi connectivity index (χ2v) is 8.93. The highest BCUT2D eigenvalue weighted by atomic mass is 16.5. The second kappa shape index (κ2) is 16.9. The molecule has 0 aromatic heterocycles. The van der Waals surface area contributed by atoms with Gasteiger partial charge in [-0.25, -0.2) is 9.59 Å². The van der Waals surface area contributed by atoms with E-state index < -0.39 is 0 Å². The molecule has 0 aliphatic rings. The van der Waals surface area contributed by atoms with E-state index in [0.29, 0.717) is 29.9 Å². The molecule has 0 saturated heterocycles. The first kappa shape index (κ1) is 27.6. The fourth-order valence-electron chi connectivity index (χ4n) is 3.96. The molecule has 4 heteroatoms. The summed E-state index contributed by atoms with van der Waals surface area (Å²) in [5.74, 6) is -0.697. The van der Waals surface area contributed by atoms with E-state index >= 15 is 0 Å². The van der Waals surface area contributed by atoms with E-state index in [1.165, 1.54) is 51.4 Å². The van der Waals surface area contributed by atoms with Gasteiger partial charge in [-0.1, -0.05) is 108 Å². The zero-order valence-electron chi connectivity index (χ0n) is 21.2. The Labute approximate surface area is 206 Å². The second-order valence-electron chi connectivity index (χ2n) is 8.93. The van der Waals surface area contributed by atoms with Crippen LogP contribution < -0.4 is 0 Å². The Hall–Kier alpha value is -2.62. The predicted octanol–water partition coefficient (Wildman–Crippen LogP) is 8.39. The maximum Gasteiger partial charge on any atom is 0.338 e. The zero-order chi connectivity index (χ0) is 24.4. The van der Waals surface area contributed by atoms with Crippen molar-refractivity contribution in [1.29, 1.82) is 0 Å². The zero-order valence-corrected chi connectivity index (χ0v) is 21.2. The van der Waals surface area contributed by atoms with Crippen LogP contribution in [-0.4, -0.2) is 25.2 Å². The summed E-state index contributed by atoms with van der Waals surface area (Å²) in [5, 5.41) is 0. The van der Waals surface area contributed by atoms with Crippen LogP contribution in [0.15, 0.2) is 48.5 Å². The van der Waals surface area contributed by atoms with Crippen LogP contribution in [0.3, 0.4) is 0 Å². The fraction of sp³-hybridized carbons (Fsp3) is 0.533. The Morgan fingerprint density at radius 3 is 1.74 bits per heavy atom. The van der Waals surface area contributed by atoms with Crippen molar-refractivity contribution in [2.45, 2.75) is 90.9 Å². The number of hydrogen-bond acceptors (Lipinski definition) is 4. The van der Waals surface area contributed by atoms with Gasteiger partial charge in [-0.2, -0.15) is 0 Å². The Balaban J connectivity index is 1.97. The molecule has 34 heavy (non-hydrogen) atoms. The van der Waals surface area contributed by atoms with E-state index in [2.05, 4.69) is 13.8 Å². The summed E-state index contributed by atoms with van der Waals surface area (Å²) in [6.45, 7) is 5.24. The molecule has 0 saturated carbocycles. The van der Waals surface area contributed by atoms with E-state index in [1.807, 2.05) is 30.3 Å². The largest absolute Gasteiger partial charge is 0.462 e. The standard InChI is InChI=1S/C30H42O4/c1-3-5-7-9-11-16-22-33-29(31)26-20-21-27(28(24-26)25-18-14-13-15-19-25)30(32)34-23-17-12-10-8-6-4-2/h13-15,18-21,24H,3-12,16-17,22-23H2,1-2H3. The highest BCUT2D eigenvalue weighted by Gasteiger charge is 2.18. The molecule has 2 aromatic rings. The van der Waals surface area contributed by atoms with Gasteiger partial charge in [0.2, 0.25) is 0 Å². The minimum absolute atomic E-state index is 0.348. The third-order valence-corrected chi connectivity index (χ3v) is 6.02. The molecule has 0 radical (unpaired) electrons. The van der Waals surface area contributed by atoms with Gasteiger partial charge in [0, 0.05) is 0 Å². The van der Waals surface area contributed by atoms with Crippen LogP contribution in [0.2, 0.25) is 0 Å². The highest BCUT2D eigenvalue weighted by Crippen LogP contribution is 2.26. The van der Waals surface area contributed by atoms with Crippen molar-refractivity contribution in [3.05, 3.63) is 59.7 Å². The first-order valence-electron chi connectivity index (χ1n) is 13.2. The average molecular weight is 467 g/mol. The van der Waals surface area contributed by atoms with Gasteiger partial charge in [0.05, 0.1) is 24.3 Å². The summed E-state index contributed by atoms with van der Waals surface area (Å²) in [5.41, 5.74) is 2.50. The Kier molecular flexibility index (Phi) is 13.7. The molecule has 2 rings (SSSR count). The average Bonchev–Trinajstić information content (AvgIpc) is 2.87. The summed E-state index contributed by atoms with van der Waals surface area (Å²) in [6.07, 6.45) is 13.7. The Morgan fingerprint density at radius 1 is 0.618 bits per heavy atom. The maximum atomic E-state index is 12.8. The Morgan fingerprint density at radius 2 is 1.15 bits per heavy atom. The lowest BCUT2D eigenvalue weighted by Crippen LogP contribution is -2.11. The number of esters is 2. The third kappa shape index (κ3) is 10.1. The summed E-state index contributed by atoms with van der Waals surface area (Å²) >= 11 is 0. The van der Waals surface area contributed by atoms with Crippen molar-refractivity contribution in [3.63, 3.8) is 0 Å². The monoisotopic (exact) mass is 466 g/mol. The molecule has 0 unspecified atom stereocenters. The van der Waals surface area contributed by atoms with Crippen LogP contribution >= 0.6 is 0 Å². The highest BCUT2D eigenvalue weighted by molar-refractivity contribution is 6.00. The van der Waals surface area contributed by atoms with Crippen LogP contribution in [0.4, 0.5) is 0 Å². The lowest BCUT2D eigenvalue weighted by Gasteiger charge is -2.12. The molecule has 0 bridgehead atoms. The van der Waals surface area contributed by atoms with Gasteiger partial charge < -0.3 is 9.47 Å². The van der Waals surface area contributed by atoms with Crippen molar-refractivity contribution in [3.8, 4) is 11.1 Å². The van der Waals surface area contributed by atoms with Gasteiger partial charge in [-0.3, -0.25) is 0 Å². The van der Waals surface area contributed by atoms with Crippen molar-refractivity contribution >= 4 is 11.9 Å². The first-order valence-corrected chi connectivity index (χ1v) is 13.2. The molecule has 0 N–H and O–H groups in total. The van der Waals surface area contributed by atoms with E-state index in [4.69, 9.17) is 9.47 Å². The summed E-state index contributed by atoms with van der Waals surface area (Å²) in [6, 6.07) is 14.7. The van der Waals surface area contributed by atoms with Gasteiger partial charge in [0.25, 0.3) is 0 Å². The number of carbonyl (C=O) groups excluding carboxylic acids is 2. The number of benzene rings is 2. The first-order chi connectivity index (χ1) is 16.7. The minimum Gasteiger partial charge on any atom is -0.462 e. The molecule has 0 atom stereocenters. The van der Waals surface area contributed by atoms with Crippen LogP contribution in [-0.2, 0) is 9.47 Å². The van der Waals surface area contributed by atoms with E-state index in [1.54, 1.807) is 18.2 Å². The maximum absolute atomic E-state index is 12.8. The Bertz CT molecular complexity index is 844. The lowest BCUT2D eigenvalue weighted by molar-refractivity contribution is 0.0484. The molecule has 0 amide bonds. The molecule has 2 aromatic carbocycles. The molecule has 4 nitrogen and oxygen atoms in total. The molecule has 0 aliphatic heterocycles. The smallest absolute Gasteiger partial charge is 0.338 e. The minimum atomic E-state index is -0.349. The van der Waals surface area contributed by atoms with Crippen molar-refractivity contribution in [1.82, 2.24) is 0 Å². The number of carbonyl (C=O) groups is 2. The third-order valence-electron chi connectivity index (χ3n) is 6.02. The number of hydrogen-bond donors (Lipinski definition) is 0. The summed E-state index contributed by atoms with van der Waals surface area (Å²) < 4.78 is 11.1. The lowest BCUT2D eigenvalue weighted by atomic mass is 9.97. The van der Waals surface area contributed by atoms with Crippen LogP contribution in [0, 0.1) is 0 Å². The quantitative estimate of drug-likeness (QED) is 0.173. The normalized spacial score (nSPS) is 10.8. The van der Waals surface area contributed by atoms with Gasteiger partial charge in [0.15, 0.2) is 0 Å². The van der Waals surface area contributed by atoms with Crippen molar-refractivity contribution in [2.24, 2.45) is 0 Å². The predicted molar refractivity (Wildman–Crippen MR) is 139 cm³/mol. The fourth-order valence-corrected chi connectivity index (χ4v) is 3.96. The molecule has 0 fully saturated rings. The molecule has 186 valence electrons. The summed E-state index contributed by atoms with van der Waals surface area (Å²) in [4.78, 5) is 25.5. The molecule has 0 aliphatic carbocycles. The van der Waals surface area contributed by atoms with E-state index in [0.717, 1.165) is 31.2 Å². The number of rotatable bonds is 17. The van der Waals surface area contributed by atoms with Gasteiger partial charge in [0.1, 0.15) is 0 Å². The van der Waals surface area contributed by atoms with E-state index in [-0.39, 0.29) is 11.9 Å². The molecule has 0 heterocycles.